The van der Waals surface area contributed by atoms with E-state index in [-0.39, 0.29) is 28.8 Å². The third kappa shape index (κ3) is 2.31. The lowest BCUT2D eigenvalue weighted by Gasteiger charge is -2.00. The van der Waals surface area contributed by atoms with Crippen molar-refractivity contribution >= 4 is 23.5 Å². The number of nitrogens with one attached hydrogen (secondary N) is 1. The number of aromatic nitrogens is 5. The van der Waals surface area contributed by atoms with E-state index in [1.54, 1.807) is 0 Å². The number of anilines is 1. The summed E-state index contributed by atoms with van der Waals surface area (Å²) < 4.78 is 1.29. The van der Waals surface area contributed by atoms with E-state index in [1.165, 1.54) is 24.0 Å². The maximum absolute atomic E-state index is 11.3. The van der Waals surface area contributed by atoms with Gasteiger partial charge >= 0.3 is 0 Å². The Hall–Kier alpha value is -2.22. The van der Waals surface area contributed by atoms with E-state index in [4.69, 9.17) is 17.3 Å². The Morgan fingerprint density at radius 1 is 1.47 bits per heavy atom. The lowest BCUT2D eigenvalue weighted by Crippen LogP contribution is -2.18. The largest absolute Gasteiger partial charge is 0.368 e. The molecule has 0 spiro atoms. The summed E-state index contributed by atoms with van der Waals surface area (Å²) in [4.78, 5) is 22.6. The van der Waals surface area contributed by atoms with E-state index in [0.29, 0.717) is 0 Å². The summed E-state index contributed by atoms with van der Waals surface area (Å²) in [6.45, 7) is 0. The van der Waals surface area contributed by atoms with Gasteiger partial charge in [-0.25, -0.2) is 4.68 Å². The number of halogens is 1. The van der Waals surface area contributed by atoms with Crippen molar-refractivity contribution in [2.24, 2.45) is 0 Å². The molecule has 2 heterocycles. The van der Waals surface area contributed by atoms with Gasteiger partial charge in [-0.15, -0.1) is 0 Å². The Labute approximate surface area is 101 Å². The molecule has 88 valence electrons. The molecule has 2 aromatic rings. The van der Waals surface area contributed by atoms with Crippen molar-refractivity contribution in [3.05, 3.63) is 23.2 Å². The number of nitrogen functional groups attached to an aromatic ring is 1. The highest BCUT2D eigenvalue weighted by Crippen LogP contribution is 2.07. The fourth-order valence-corrected chi connectivity index (χ4v) is 1.30. The lowest BCUT2D eigenvalue weighted by atomic mass is 10.4. The molecule has 0 aliphatic rings. The monoisotopic (exact) mass is 253 g/mol. The maximum Gasteiger partial charge on any atom is 0.271 e. The summed E-state index contributed by atoms with van der Waals surface area (Å²) in [5.41, 5.74) is 5.66. The number of rotatable bonds is 2. The maximum atomic E-state index is 11.3. The number of hydrogen-bond donors (Lipinski definition) is 2. The van der Waals surface area contributed by atoms with Crippen LogP contribution in [0, 0.1) is 0 Å². The van der Waals surface area contributed by atoms with Crippen LogP contribution < -0.4 is 11.1 Å². The molecule has 3 N–H and O–H groups in total. The van der Waals surface area contributed by atoms with Gasteiger partial charge in [0, 0.05) is 13.2 Å². The minimum atomic E-state index is -0.308. The molecule has 0 saturated heterocycles. The minimum Gasteiger partial charge on any atom is -0.368 e. The van der Waals surface area contributed by atoms with Crippen LogP contribution >= 0.6 is 11.6 Å². The van der Waals surface area contributed by atoms with Gasteiger partial charge in [0.25, 0.3) is 11.9 Å². The second-order valence-corrected chi connectivity index (χ2v) is 3.33. The van der Waals surface area contributed by atoms with Crippen LogP contribution in [-0.2, 0) is 0 Å². The fourth-order valence-electron chi connectivity index (χ4n) is 1.14. The van der Waals surface area contributed by atoms with E-state index in [9.17, 15) is 4.79 Å². The van der Waals surface area contributed by atoms with Gasteiger partial charge in [0.1, 0.15) is 0 Å². The molecule has 0 saturated carbocycles. The van der Waals surface area contributed by atoms with E-state index in [0.717, 1.165) is 0 Å². The highest BCUT2D eigenvalue weighted by Gasteiger charge is 2.10. The van der Waals surface area contributed by atoms with E-state index in [2.05, 4.69) is 25.4 Å². The van der Waals surface area contributed by atoms with Gasteiger partial charge in [-0.05, 0) is 17.7 Å². The van der Waals surface area contributed by atoms with E-state index >= 15 is 0 Å². The first-order valence-electron chi connectivity index (χ1n) is 4.55. The van der Waals surface area contributed by atoms with Crippen molar-refractivity contribution in [1.82, 2.24) is 30.0 Å². The van der Waals surface area contributed by atoms with Crippen molar-refractivity contribution in [3.8, 4) is 5.95 Å². The van der Waals surface area contributed by atoms with Gasteiger partial charge in [0.05, 0.1) is 0 Å². The molecule has 0 atom stereocenters. The number of amides is 1. The molecule has 0 fully saturated rings. The number of carbonyl (C=O) groups excluding carboxylic acids is 1. The molecular weight excluding hydrogens is 246 g/mol. The Bertz CT molecular complexity index is 547. The standard InChI is InChI=1S/C8H8ClN7O/c1-11-5(17)4-2-3-16(15-4)8-13-6(9)12-7(10)14-8/h2-3H,1H3,(H,11,17)(H2,10,12,13,14). The fraction of sp³-hybridized carbons (Fsp3) is 0.125. The molecule has 17 heavy (non-hydrogen) atoms. The molecule has 0 aromatic carbocycles. The van der Waals surface area contributed by atoms with E-state index in [1.807, 2.05) is 0 Å². The SMILES string of the molecule is CNC(=O)c1ccn(-c2nc(N)nc(Cl)n2)n1. The third-order valence-corrected chi connectivity index (χ3v) is 2.04. The lowest BCUT2D eigenvalue weighted by molar-refractivity contribution is 0.0957. The summed E-state index contributed by atoms with van der Waals surface area (Å²) in [7, 11) is 1.51. The van der Waals surface area contributed by atoms with Crippen LogP contribution in [0.25, 0.3) is 5.95 Å². The van der Waals surface area contributed by atoms with Crippen LogP contribution in [0.1, 0.15) is 10.5 Å². The Morgan fingerprint density at radius 2 is 2.24 bits per heavy atom. The summed E-state index contributed by atoms with van der Waals surface area (Å²) in [5, 5.41) is 6.38. The van der Waals surface area contributed by atoms with E-state index < -0.39 is 0 Å². The van der Waals surface area contributed by atoms with Crippen molar-refractivity contribution in [2.45, 2.75) is 0 Å². The second kappa shape index (κ2) is 4.34. The first kappa shape index (κ1) is 11.3. The molecule has 1 amide bonds. The zero-order valence-corrected chi connectivity index (χ0v) is 9.51. The highest BCUT2D eigenvalue weighted by atomic mass is 35.5. The Kier molecular flexibility index (Phi) is 2.88. The summed E-state index contributed by atoms with van der Waals surface area (Å²) in [6, 6.07) is 1.52. The predicted octanol–water partition coefficient (Wildman–Crippen LogP) is -0.348. The van der Waals surface area contributed by atoms with Gasteiger partial charge in [-0.2, -0.15) is 20.1 Å². The van der Waals surface area contributed by atoms with Crippen molar-refractivity contribution in [1.29, 1.82) is 0 Å². The molecule has 0 bridgehead atoms. The first-order chi connectivity index (χ1) is 8.10. The normalized spacial score (nSPS) is 10.2. The van der Waals surface area contributed by atoms with Gasteiger partial charge in [0.2, 0.25) is 11.2 Å². The van der Waals surface area contributed by atoms with Crippen molar-refractivity contribution in [2.75, 3.05) is 12.8 Å². The first-order valence-corrected chi connectivity index (χ1v) is 4.93. The Morgan fingerprint density at radius 3 is 2.88 bits per heavy atom. The molecule has 2 rings (SSSR count). The quantitative estimate of drug-likeness (QED) is 0.757. The van der Waals surface area contributed by atoms with Gasteiger partial charge < -0.3 is 11.1 Å². The number of nitrogens with zero attached hydrogens (tertiary/aromatic N) is 5. The van der Waals surface area contributed by atoms with Crippen LogP contribution in [0.2, 0.25) is 5.28 Å². The van der Waals surface area contributed by atoms with Crippen LogP contribution in [0.15, 0.2) is 12.3 Å². The number of hydrogen-bond acceptors (Lipinski definition) is 6. The zero-order chi connectivity index (χ0) is 12.4. The van der Waals surface area contributed by atoms with Crippen molar-refractivity contribution in [3.63, 3.8) is 0 Å². The molecular formula is C8H8ClN7O. The summed E-state index contributed by atoms with van der Waals surface area (Å²) >= 11 is 5.63. The minimum absolute atomic E-state index is 0.0167. The van der Waals surface area contributed by atoms with Crippen LogP contribution in [-0.4, -0.2) is 37.7 Å². The average Bonchev–Trinajstić information content (AvgIpc) is 2.76. The smallest absolute Gasteiger partial charge is 0.271 e. The molecule has 8 nitrogen and oxygen atoms in total. The molecule has 0 aliphatic carbocycles. The van der Waals surface area contributed by atoms with Crippen LogP contribution in [0.4, 0.5) is 5.95 Å². The number of nitrogens with two attached hydrogens (primary N) is 1. The Balaban J connectivity index is 2.40. The van der Waals surface area contributed by atoms with Gasteiger partial charge in [0.15, 0.2) is 5.69 Å². The predicted molar refractivity (Wildman–Crippen MR) is 59.8 cm³/mol. The molecule has 9 heteroatoms. The summed E-state index contributed by atoms with van der Waals surface area (Å²) in [5.74, 6) is -0.175. The van der Waals surface area contributed by atoms with Crippen LogP contribution in [0.5, 0.6) is 0 Å². The molecule has 0 radical (unpaired) electrons. The van der Waals surface area contributed by atoms with Gasteiger partial charge in [-0.3, -0.25) is 4.79 Å². The van der Waals surface area contributed by atoms with Crippen LogP contribution in [0.3, 0.4) is 0 Å². The van der Waals surface area contributed by atoms with Gasteiger partial charge in [-0.1, -0.05) is 0 Å². The van der Waals surface area contributed by atoms with Crippen molar-refractivity contribution < 1.29 is 4.79 Å². The molecule has 2 aromatic heterocycles. The summed E-state index contributed by atoms with van der Waals surface area (Å²) in [6.07, 6.45) is 1.52. The molecule has 0 unspecified atom stereocenters. The highest BCUT2D eigenvalue weighted by molar-refractivity contribution is 6.28. The third-order valence-electron chi connectivity index (χ3n) is 1.87. The average molecular weight is 254 g/mol. The topological polar surface area (TPSA) is 112 Å². The number of carbonyl (C=O) groups is 1. The zero-order valence-electron chi connectivity index (χ0n) is 8.75. The molecule has 0 aliphatic heterocycles. The second-order valence-electron chi connectivity index (χ2n) is 2.99.